The standard InChI is InChI=1S/C31H24N6O4/c1-18-25(36-31(39)20-8-7-19-14-28(38)35-24(19)13-20)17-37-30(18)29(21(15-32)16-33-37)34-22-9-11-23(12-10-22)41-27-6-4-3-5-26(27)40-2/h3-13,16-17,34H,14H2,1-2H3,(H,35,38)(H,36,39). The fourth-order valence-electron chi connectivity index (χ4n) is 4.76. The molecule has 1 aliphatic rings. The van der Waals surface area contributed by atoms with E-state index in [1.807, 2.05) is 55.5 Å². The van der Waals surface area contributed by atoms with Crippen LogP contribution in [0.3, 0.4) is 0 Å². The highest BCUT2D eigenvalue weighted by molar-refractivity contribution is 6.08. The molecule has 202 valence electrons. The molecule has 41 heavy (non-hydrogen) atoms. The number of anilines is 4. The van der Waals surface area contributed by atoms with Crippen molar-refractivity contribution in [1.29, 1.82) is 5.26 Å². The summed E-state index contributed by atoms with van der Waals surface area (Å²) < 4.78 is 12.9. The molecule has 0 atom stereocenters. The molecule has 0 saturated carbocycles. The van der Waals surface area contributed by atoms with Gasteiger partial charge in [-0.05, 0) is 61.0 Å². The van der Waals surface area contributed by atoms with Crippen LogP contribution in [-0.2, 0) is 11.2 Å². The fourth-order valence-corrected chi connectivity index (χ4v) is 4.76. The van der Waals surface area contributed by atoms with E-state index in [1.165, 1.54) is 6.20 Å². The number of nitriles is 1. The SMILES string of the molecule is COc1ccccc1Oc1ccc(Nc2c(C#N)cnn3cc(NC(=O)c4ccc5c(c4)NC(=O)C5)c(C)c23)cc1. The summed E-state index contributed by atoms with van der Waals surface area (Å²) in [4.78, 5) is 24.8. The van der Waals surface area contributed by atoms with Gasteiger partial charge in [-0.25, -0.2) is 4.52 Å². The molecule has 0 bridgehead atoms. The van der Waals surface area contributed by atoms with Crippen molar-refractivity contribution in [2.45, 2.75) is 13.3 Å². The van der Waals surface area contributed by atoms with Crippen LogP contribution in [0.2, 0.25) is 0 Å². The van der Waals surface area contributed by atoms with Crippen LogP contribution in [0.5, 0.6) is 17.2 Å². The van der Waals surface area contributed by atoms with Gasteiger partial charge in [-0.3, -0.25) is 9.59 Å². The summed E-state index contributed by atoms with van der Waals surface area (Å²) >= 11 is 0. The summed E-state index contributed by atoms with van der Waals surface area (Å²) in [6, 6.07) is 22.0. The van der Waals surface area contributed by atoms with Gasteiger partial charge < -0.3 is 25.4 Å². The van der Waals surface area contributed by atoms with E-state index in [-0.39, 0.29) is 11.8 Å². The van der Waals surface area contributed by atoms with Crippen LogP contribution in [0.25, 0.3) is 5.52 Å². The van der Waals surface area contributed by atoms with E-state index in [9.17, 15) is 14.9 Å². The number of rotatable bonds is 7. The molecule has 0 radical (unpaired) electrons. The monoisotopic (exact) mass is 544 g/mol. The van der Waals surface area contributed by atoms with E-state index in [2.05, 4.69) is 27.1 Å². The molecular weight excluding hydrogens is 520 g/mol. The van der Waals surface area contributed by atoms with Crippen molar-refractivity contribution in [2.24, 2.45) is 0 Å². The predicted octanol–water partition coefficient (Wildman–Crippen LogP) is 5.81. The van der Waals surface area contributed by atoms with Gasteiger partial charge in [0.25, 0.3) is 5.91 Å². The third-order valence-electron chi connectivity index (χ3n) is 6.84. The summed E-state index contributed by atoms with van der Waals surface area (Å²) in [6.07, 6.45) is 3.48. The molecular formula is C31H24N6O4. The quantitative estimate of drug-likeness (QED) is 0.236. The highest BCUT2D eigenvalue weighted by atomic mass is 16.5. The molecule has 3 heterocycles. The Bertz CT molecular complexity index is 1870. The average Bonchev–Trinajstić information content (AvgIpc) is 3.52. The molecule has 10 heteroatoms. The lowest BCUT2D eigenvalue weighted by Gasteiger charge is -2.13. The predicted molar refractivity (Wildman–Crippen MR) is 154 cm³/mol. The van der Waals surface area contributed by atoms with Crippen LogP contribution in [-0.4, -0.2) is 28.5 Å². The van der Waals surface area contributed by atoms with E-state index in [0.29, 0.717) is 57.4 Å². The molecule has 0 saturated heterocycles. The van der Waals surface area contributed by atoms with Crippen LogP contribution in [0.1, 0.15) is 27.0 Å². The number of nitrogens with zero attached hydrogens (tertiary/aromatic N) is 3. The second-order valence-electron chi connectivity index (χ2n) is 9.46. The Kier molecular flexibility index (Phi) is 6.45. The minimum absolute atomic E-state index is 0.0925. The number of hydrogen-bond donors (Lipinski definition) is 3. The maximum atomic E-state index is 13.1. The Morgan fingerprint density at radius 2 is 1.88 bits per heavy atom. The lowest BCUT2D eigenvalue weighted by atomic mass is 10.1. The Morgan fingerprint density at radius 1 is 1.10 bits per heavy atom. The minimum atomic E-state index is -0.325. The van der Waals surface area contributed by atoms with Crippen LogP contribution < -0.4 is 25.4 Å². The van der Waals surface area contributed by atoms with Crippen molar-refractivity contribution in [3.63, 3.8) is 0 Å². The first kappa shape index (κ1) is 25.5. The Balaban J connectivity index is 1.26. The molecule has 0 fully saturated rings. The van der Waals surface area contributed by atoms with Gasteiger partial charge in [0.1, 0.15) is 11.8 Å². The molecule has 10 nitrogen and oxygen atoms in total. The number of fused-ring (bicyclic) bond motifs is 2. The second kappa shape index (κ2) is 10.4. The lowest BCUT2D eigenvalue weighted by Crippen LogP contribution is -2.12. The Hall–Kier alpha value is -5.82. The number of methoxy groups -OCH3 is 1. The van der Waals surface area contributed by atoms with Crippen LogP contribution in [0.4, 0.5) is 22.7 Å². The highest BCUT2D eigenvalue weighted by Gasteiger charge is 2.21. The largest absolute Gasteiger partial charge is 0.493 e. The van der Waals surface area contributed by atoms with Crippen molar-refractivity contribution in [3.8, 4) is 23.3 Å². The molecule has 2 amide bonds. The zero-order valence-electron chi connectivity index (χ0n) is 22.2. The van der Waals surface area contributed by atoms with Gasteiger partial charge in [0.2, 0.25) is 5.91 Å². The number of ether oxygens (including phenoxy) is 2. The smallest absolute Gasteiger partial charge is 0.255 e. The van der Waals surface area contributed by atoms with Crippen molar-refractivity contribution in [1.82, 2.24) is 9.61 Å². The number of carbonyl (C=O) groups excluding carboxylic acids is 2. The molecule has 0 unspecified atom stereocenters. The molecule has 1 aliphatic heterocycles. The van der Waals surface area contributed by atoms with E-state index >= 15 is 0 Å². The number of hydrogen-bond acceptors (Lipinski definition) is 7. The van der Waals surface area contributed by atoms with E-state index < -0.39 is 0 Å². The second-order valence-corrected chi connectivity index (χ2v) is 9.46. The summed E-state index contributed by atoms with van der Waals surface area (Å²) in [5, 5.41) is 23.2. The minimum Gasteiger partial charge on any atom is -0.493 e. The van der Waals surface area contributed by atoms with Crippen LogP contribution in [0.15, 0.2) is 79.1 Å². The number of nitrogens with one attached hydrogen (secondary N) is 3. The van der Waals surface area contributed by atoms with Crippen molar-refractivity contribution in [2.75, 3.05) is 23.1 Å². The van der Waals surface area contributed by atoms with Gasteiger partial charge in [-0.15, -0.1) is 0 Å². The molecule has 2 aromatic heterocycles. The molecule has 0 aliphatic carbocycles. The van der Waals surface area contributed by atoms with Gasteiger partial charge >= 0.3 is 0 Å². The van der Waals surface area contributed by atoms with Crippen molar-refractivity contribution >= 4 is 40.1 Å². The van der Waals surface area contributed by atoms with Crippen LogP contribution in [0, 0.1) is 18.3 Å². The third kappa shape index (κ3) is 4.88. The topological polar surface area (TPSA) is 130 Å². The summed E-state index contributed by atoms with van der Waals surface area (Å²) in [7, 11) is 1.59. The number of para-hydroxylation sites is 2. The van der Waals surface area contributed by atoms with Crippen LogP contribution >= 0.6 is 0 Å². The van der Waals surface area contributed by atoms with Gasteiger partial charge in [-0.1, -0.05) is 18.2 Å². The van der Waals surface area contributed by atoms with Gasteiger partial charge in [0.05, 0.1) is 48.4 Å². The average molecular weight is 545 g/mol. The molecule has 3 N–H and O–H groups in total. The third-order valence-corrected chi connectivity index (χ3v) is 6.84. The number of aromatic nitrogens is 2. The summed E-state index contributed by atoms with van der Waals surface area (Å²) in [6.45, 7) is 1.85. The van der Waals surface area contributed by atoms with Crippen molar-refractivity contribution in [3.05, 3.63) is 101 Å². The summed E-state index contributed by atoms with van der Waals surface area (Å²) in [5.41, 5.74) is 5.48. The highest BCUT2D eigenvalue weighted by Crippen LogP contribution is 2.35. The first-order chi connectivity index (χ1) is 19.9. The Morgan fingerprint density at radius 3 is 2.63 bits per heavy atom. The fraction of sp³-hybridized carbons (Fsp3) is 0.0968. The number of amides is 2. The molecule has 6 rings (SSSR count). The first-order valence-corrected chi connectivity index (χ1v) is 12.8. The Labute approximate surface area is 235 Å². The van der Waals surface area contributed by atoms with Gasteiger partial charge in [0.15, 0.2) is 11.5 Å². The maximum Gasteiger partial charge on any atom is 0.255 e. The van der Waals surface area contributed by atoms with E-state index in [1.54, 1.807) is 36.0 Å². The number of benzene rings is 3. The first-order valence-electron chi connectivity index (χ1n) is 12.8. The van der Waals surface area contributed by atoms with Gasteiger partial charge in [0, 0.05) is 22.5 Å². The molecule has 0 spiro atoms. The number of carbonyl (C=O) groups is 2. The zero-order valence-corrected chi connectivity index (χ0v) is 22.2. The normalized spacial score (nSPS) is 11.9. The molecule has 3 aromatic carbocycles. The van der Waals surface area contributed by atoms with E-state index in [4.69, 9.17) is 9.47 Å². The number of aryl methyl sites for hydroxylation is 1. The zero-order chi connectivity index (χ0) is 28.5. The van der Waals surface area contributed by atoms with E-state index in [0.717, 1.165) is 16.8 Å². The van der Waals surface area contributed by atoms with Gasteiger partial charge in [-0.2, -0.15) is 10.4 Å². The van der Waals surface area contributed by atoms with Crippen molar-refractivity contribution < 1.29 is 19.1 Å². The summed E-state index contributed by atoms with van der Waals surface area (Å²) in [5.74, 6) is 1.43. The lowest BCUT2D eigenvalue weighted by molar-refractivity contribution is -0.115. The maximum absolute atomic E-state index is 13.1. The molecule has 5 aromatic rings.